The number of sulfonamides is 1. The number of benzene rings is 2. The number of ether oxygens (including phenoxy) is 2. The Bertz CT molecular complexity index is 1620. The van der Waals surface area contributed by atoms with Crippen molar-refractivity contribution in [1.29, 1.82) is 0 Å². The van der Waals surface area contributed by atoms with Gasteiger partial charge in [0.05, 0.1) is 12.9 Å². The quantitative estimate of drug-likeness (QED) is 0.290. The molecule has 2 bridgehead atoms. The Hall–Kier alpha value is -3.39. The molecule has 52 heavy (non-hydrogen) atoms. The van der Waals surface area contributed by atoms with Gasteiger partial charge in [-0.15, -0.1) is 0 Å². The lowest BCUT2D eigenvalue weighted by Gasteiger charge is -2.39. The Balaban J connectivity index is 1.14. The van der Waals surface area contributed by atoms with Crippen LogP contribution in [0.5, 0.6) is 0 Å². The van der Waals surface area contributed by atoms with Crippen LogP contribution in [-0.4, -0.2) is 98.9 Å². The Kier molecular flexibility index (Phi) is 13.0. The molecule has 0 aromatic heterocycles. The van der Waals surface area contributed by atoms with Gasteiger partial charge in [0, 0.05) is 55.2 Å². The van der Waals surface area contributed by atoms with Crippen LogP contribution in [0.3, 0.4) is 0 Å². The molecule has 4 fully saturated rings. The summed E-state index contributed by atoms with van der Waals surface area (Å²) >= 11 is 6.28. The first kappa shape index (κ1) is 38.3. The van der Waals surface area contributed by atoms with E-state index in [-0.39, 0.29) is 54.3 Å². The van der Waals surface area contributed by atoms with Gasteiger partial charge >= 0.3 is 12.2 Å². The van der Waals surface area contributed by atoms with Crippen LogP contribution in [0, 0.1) is 11.8 Å². The van der Waals surface area contributed by atoms with Crippen molar-refractivity contribution in [1.82, 2.24) is 25.2 Å². The largest absolute Gasteiger partial charge is 0.453 e. The zero-order valence-corrected chi connectivity index (χ0v) is 31.5. The molecule has 284 valence electrons. The van der Waals surface area contributed by atoms with E-state index in [9.17, 15) is 22.8 Å². The smallest absolute Gasteiger partial charge is 0.410 e. The highest BCUT2D eigenvalue weighted by atomic mass is 35.5. The number of fused-ring (bicyclic) bond motifs is 2. The number of carbonyl (C=O) groups is 3. The summed E-state index contributed by atoms with van der Waals surface area (Å²) in [5.74, 6) is -0.374. The van der Waals surface area contributed by atoms with E-state index in [4.69, 9.17) is 21.1 Å². The number of hydrogen-bond acceptors (Lipinski definition) is 8. The molecular weight excluding hydrogens is 706 g/mol. The normalized spacial score (nSPS) is 27.1. The molecule has 7 atom stereocenters. The standard InChI is InChI=1S/C38H52ClN5O7S/c1-50-37(46)42-35(36(45)41-33-11-5-9-27(33)14-17-32-23-40-31-10-6-22-52(48,49)44(32)24-31)34(28-12-15-30(39)16-13-28)29-18-20-43(21-19-29)38(47)51-25-26-7-3-2-4-8-26/h2-4,7-8,12-13,15-16,27,29,31-35,40H,5-6,9-11,14,17-25H2,1H3,(H,41,45)(H,42,46). The van der Waals surface area contributed by atoms with Gasteiger partial charge in [-0.1, -0.05) is 60.5 Å². The van der Waals surface area contributed by atoms with Crippen molar-refractivity contribution in [3.8, 4) is 0 Å². The first-order chi connectivity index (χ1) is 25.1. The molecular formula is C38H52ClN5O7S. The Morgan fingerprint density at radius 2 is 1.71 bits per heavy atom. The predicted molar refractivity (Wildman–Crippen MR) is 198 cm³/mol. The van der Waals surface area contributed by atoms with Gasteiger partial charge in [0.25, 0.3) is 0 Å². The second kappa shape index (κ2) is 17.6. The van der Waals surface area contributed by atoms with Crippen molar-refractivity contribution in [2.24, 2.45) is 11.8 Å². The number of nitrogens with one attached hydrogen (secondary N) is 3. The van der Waals surface area contributed by atoms with Crippen molar-refractivity contribution in [3.05, 3.63) is 70.7 Å². The van der Waals surface area contributed by atoms with E-state index in [1.165, 1.54) is 7.11 Å². The fraction of sp³-hybridized carbons (Fsp3) is 0.605. The summed E-state index contributed by atoms with van der Waals surface area (Å²) in [6, 6.07) is 16.0. The molecule has 0 radical (unpaired) electrons. The second-order valence-corrected chi connectivity index (χ2v) is 17.2. The van der Waals surface area contributed by atoms with Crippen LogP contribution in [-0.2, 0) is 30.9 Å². The van der Waals surface area contributed by atoms with Gasteiger partial charge in [-0.2, -0.15) is 4.31 Å². The molecule has 3 heterocycles. The van der Waals surface area contributed by atoms with Gasteiger partial charge < -0.3 is 30.3 Å². The number of amides is 3. The molecule has 3 N–H and O–H groups in total. The number of hydrogen-bond donors (Lipinski definition) is 3. The minimum Gasteiger partial charge on any atom is -0.453 e. The van der Waals surface area contributed by atoms with Crippen LogP contribution in [0.15, 0.2) is 54.6 Å². The Labute approximate surface area is 312 Å². The number of carbonyl (C=O) groups excluding carboxylic acids is 3. The van der Waals surface area contributed by atoms with Crippen LogP contribution in [0.1, 0.15) is 74.8 Å². The van der Waals surface area contributed by atoms with Gasteiger partial charge in [0.1, 0.15) is 12.6 Å². The monoisotopic (exact) mass is 757 g/mol. The summed E-state index contributed by atoms with van der Waals surface area (Å²) in [6.45, 7) is 2.26. The third-order valence-corrected chi connectivity index (χ3v) is 13.7. The lowest BCUT2D eigenvalue weighted by atomic mass is 9.75. The molecule has 12 nitrogen and oxygen atoms in total. The Morgan fingerprint density at radius 3 is 2.44 bits per heavy atom. The second-order valence-electron chi connectivity index (χ2n) is 14.7. The molecule has 6 rings (SSSR count). The topological polar surface area (TPSA) is 146 Å². The van der Waals surface area contributed by atoms with E-state index in [0.717, 1.165) is 49.7 Å². The molecule has 1 saturated carbocycles. The van der Waals surface area contributed by atoms with E-state index in [0.29, 0.717) is 50.5 Å². The zero-order chi connectivity index (χ0) is 36.7. The van der Waals surface area contributed by atoms with E-state index >= 15 is 0 Å². The average Bonchev–Trinajstić information content (AvgIpc) is 3.55. The highest BCUT2D eigenvalue weighted by Crippen LogP contribution is 2.38. The van der Waals surface area contributed by atoms with E-state index in [2.05, 4.69) is 16.0 Å². The maximum atomic E-state index is 14.4. The molecule has 14 heteroatoms. The first-order valence-corrected chi connectivity index (χ1v) is 20.7. The molecule has 0 spiro atoms. The number of methoxy groups -OCH3 is 1. The van der Waals surface area contributed by atoms with Crippen molar-refractivity contribution in [3.63, 3.8) is 0 Å². The molecule has 3 saturated heterocycles. The fourth-order valence-electron chi connectivity index (χ4n) is 8.67. The third kappa shape index (κ3) is 9.58. The molecule has 3 aliphatic heterocycles. The molecule has 2 aromatic carbocycles. The van der Waals surface area contributed by atoms with E-state index < -0.39 is 28.1 Å². The zero-order valence-electron chi connectivity index (χ0n) is 29.9. The highest BCUT2D eigenvalue weighted by Gasteiger charge is 2.42. The van der Waals surface area contributed by atoms with Crippen LogP contribution < -0.4 is 16.0 Å². The van der Waals surface area contributed by atoms with Crippen LogP contribution in [0.25, 0.3) is 0 Å². The Morgan fingerprint density at radius 1 is 0.962 bits per heavy atom. The summed E-state index contributed by atoms with van der Waals surface area (Å²) < 4.78 is 38.4. The number of piperidine rings is 1. The molecule has 1 aliphatic carbocycles. The van der Waals surface area contributed by atoms with Crippen LogP contribution >= 0.6 is 11.6 Å². The van der Waals surface area contributed by atoms with Gasteiger partial charge in [-0.05, 0) is 86.5 Å². The number of halogens is 1. The first-order valence-electron chi connectivity index (χ1n) is 18.7. The predicted octanol–water partition coefficient (Wildman–Crippen LogP) is 5.03. The maximum absolute atomic E-state index is 14.4. The van der Waals surface area contributed by atoms with Crippen molar-refractivity contribution >= 4 is 39.7 Å². The minimum absolute atomic E-state index is 0.0511. The van der Waals surface area contributed by atoms with Gasteiger partial charge in [-0.25, -0.2) is 18.0 Å². The van der Waals surface area contributed by atoms with Crippen LogP contribution in [0.2, 0.25) is 5.02 Å². The number of rotatable bonds is 11. The molecule has 3 amide bonds. The fourth-order valence-corrected chi connectivity index (χ4v) is 10.6. The van der Waals surface area contributed by atoms with Crippen molar-refractivity contribution in [2.45, 2.75) is 94.5 Å². The average molecular weight is 758 g/mol. The summed E-state index contributed by atoms with van der Waals surface area (Å²) in [6.07, 6.45) is 5.89. The van der Waals surface area contributed by atoms with Crippen LogP contribution in [0.4, 0.5) is 9.59 Å². The molecule has 4 aliphatic rings. The lowest BCUT2D eigenvalue weighted by molar-refractivity contribution is -0.125. The molecule has 7 unspecified atom stereocenters. The maximum Gasteiger partial charge on any atom is 0.410 e. The van der Waals surface area contributed by atoms with E-state index in [1.54, 1.807) is 21.3 Å². The summed E-state index contributed by atoms with van der Waals surface area (Å²) in [7, 11) is -2.00. The minimum atomic E-state index is -3.28. The highest BCUT2D eigenvalue weighted by molar-refractivity contribution is 7.89. The summed E-state index contributed by atoms with van der Waals surface area (Å²) in [4.78, 5) is 41.9. The number of likely N-dealkylation sites (tertiary alicyclic amines) is 1. The number of alkyl carbamates (subject to hydrolysis) is 1. The summed E-state index contributed by atoms with van der Waals surface area (Å²) in [5, 5.41) is 10.3. The van der Waals surface area contributed by atoms with Gasteiger partial charge in [-0.3, -0.25) is 4.79 Å². The lowest BCUT2D eigenvalue weighted by Crippen LogP contribution is -2.57. The van der Waals surface area contributed by atoms with Crippen molar-refractivity contribution in [2.75, 3.05) is 39.0 Å². The molecule has 2 aromatic rings. The number of piperazine rings is 1. The van der Waals surface area contributed by atoms with Gasteiger partial charge in [0.2, 0.25) is 15.9 Å². The SMILES string of the molecule is COC(=O)NC(C(=O)NC1CCCC1CCC1CNC2CCCS(=O)(=O)N1C2)C(c1ccc(Cl)cc1)C1CCN(C(=O)OCc2ccccc2)CC1. The van der Waals surface area contributed by atoms with Crippen molar-refractivity contribution < 1.29 is 32.3 Å². The number of nitrogens with zero attached hydrogens (tertiary/aromatic N) is 2. The van der Waals surface area contributed by atoms with Gasteiger partial charge in [0.15, 0.2) is 0 Å². The van der Waals surface area contributed by atoms with E-state index in [1.807, 2.05) is 42.5 Å². The summed E-state index contributed by atoms with van der Waals surface area (Å²) in [5.41, 5.74) is 1.77. The third-order valence-electron chi connectivity index (χ3n) is 11.5.